The van der Waals surface area contributed by atoms with Crippen molar-refractivity contribution in [3.8, 4) is 5.75 Å². The number of amides is 1. The van der Waals surface area contributed by atoms with Crippen molar-refractivity contribution in [1.82, 2.24) is 0 Å². The predicted octanol–water partition coefficient (Wildman–Crippen LogP) is 3.40. The average Bonchev–Trinajstić information content (AvgIpc) is 3.22. The van der Waals surface area contributed by atoms with Crippen LogP contribution >= 0.6 is 0 Å². The summed E-state index contributed by atoms with van der Waals surface area (Å²) in [6, 6.07) is 5.70. The van der Waals surface area contributed by atoms with E-state index in [9.17, 15) is 22.4 Å². The number of nitrogens with zero attached hydrogens (tertiary/aromatic N) is 3. The number of benzene rings is 2. The number of nitrogens with one attached hydrogen (secondary N) is 2. The molecule has 0 saturated heterocycles. The maximum absolute atomic E-state index is 14.4. The topological polar surface area (TPSA) is 150 Å². The molecule has 1 unspecified atom stereocenters. The third-order valence-electron chi connectivity index (χ3n) is 5.12. The average molecular weight is 508 g/mol. The van der Waals surface area contributed by atoms with Crippen LogP contribution < -0.4 is 19.8 Å². The van der Waals surface area contributed by atoms with Crippen LogP contribution in [0.2, 0.25) is 0 Å². The van der Waals surface area contributed by atoms with Gasteiger partial charge in [-0.3, -0.25) is 9.52 Å². The molecule has 2 aromatic carbocycles. The Morgan fingerprint density at radius 3 is 2.40 bits per heavy atom. The fourth-order valence-corrected chi connectivity index (χ4v) is 3.88. The predicted molar refractivity (Wildman–Crippen MR) is 128 cm³/mol. The molecule has 0 radical (unpaired) electrons. The molecule has 35 heavy (non-hydrogen) atoms. The molecule has 1 heterocycles. The molecule has 2 aromatic rings. The van der Waals surface area contributed by atoms with E-state index < -0.39 is 39.2 Å². The summed E-state index contributed by atoms with van der Waals surface area (Å²) in [5.41, 5.74) is 0.612. The fourth-order valence-electron chi connectivity index (χ4n) is 3.33. The Labute approximate surface area is 202 Å². The van der Waals surface area contributed by atoms with Gasteiger partial charge in [0.15, 0.2) is 11.8 Å². The Bertz CT molecular complexity index is 1310. The summed E-state index contributed by atoms with van der Waals surface area (Å²) >= 11 is 0. The third-order valence-corrected chi connectivity index (χ3v) is 5.71. The van der Waals surface area contributed by atoms with Crippen LogP contribution in [0.15, 0.2) is 40.7 Å². The van der Waals surface area contributed by atoms with Crippen molar-refractivity contribution in [2.75, 3.05) is 35.0 Å². The summed E-state index contributed by atoms with van der Waals surface area (Å²) in [5, 5.41) is 20.1. The zero-order chi connectivity index (χ0) is 26.1. The first kappa shape index (κ1) is 25.9. The molecule has 1 atom stereocenters. The zero-order valence-electron chi connectivity index (χ0n) is 19.8. The van der Waals surface area contributed by atoms with Gasteiger partial charge in [0.2, 0.25) is 10.0 Å². The van der Waals surface area contributed by atoms with Gasteiger partial charge in [0.25, 0.3) is 5.91 Å². The molecule has 1 aliphatic heterocycles. The molecule has 3 rings (SSSR count). The number of carbonyl (C=O) groups is 2. The minimum atomic E-state index is -3.65. The highest BCUT2D eigenvalue weighted by Gasteiger charge is 2.29. The maximum atomic E-state index is 14.4. The molecular weight excluding hydrogens is 481 g/mol. The van der Waals surface area contributed by atoms with E-state index in [1.165, 1.54) is 19.2 Å². The first-order valence-corrected chi connectivity index (χ1v) is 12.3. The van der Waals surface area contributed by atoms with E-state index in [-0.39, 0.29) is 34.9 Å². The molecule has 11 nitrogen and oxygen atoms in total. The largest absolute Gasteiger partial charge is 0.492 e. The molecule has 0 fully saturated rings. The number of rotatable bonds is 7. The Hall–Kier alpha value is -3.74. The summed E-state index contributed by atoms with van der Waals surface area (Å²) in [6.07, 6.45) is 0.999. The first-order chi connectivity index (χ1) is 16.2. The van der Waals surface area contributed by atoms with Crippen LogP contribution in [-0.4, -0.2) is 51.4 Å². The number of ether oxygens (including phenoxy) is 1. The van der Waals surface area contributed by atoms with E-state index in [0.717, 1.165) is 22.9 Å². The molecule has 1 aliphatic rings. The van der Waals surface area contributed by atoms with Gasteiger partial charge in [0, 0.05) is 5.56 Å². The molecule has 3 N–H and O–H groups in total. The highest BCUT2D eigenvalue weighted by Crippen LogP contribution is 2.39. The lowest BCUT2D eigenvalue weighted by molar-refractivity contribution is -0.138. The second kappa shape index (κ2) is 9.49. The van der Waals surface area contributed by atoms with Gasteiger partial charge in [-0.15, -0.1) is 0 Å². The smallest absolute Gasteiger partial charge is 0.332 e. The summed E-state index contributed by atoms with van der Waals surface area (Å²) in [4.78, 5) is 24.2. The van der Waals surface area contributed by atoms with E-state index in [1.807, 2.05) is 20.8 Å². The second-order valence-electron chi connectivity index (χ2n) is 8.99. The van der Waals surface area contributed by atoms with Crippen molar-refractivity contribution in [2.24, 2.45) is 10.3 Å². The fraction of sp³-hybridized carbons (Fsp3) is 0.364. The normalized spacial score (nSPS) is 15.7. The Morgan fingerprint density at radius 1 is 1.20 bits per heavy atom. The van der Waals surface area contributed by atoms with Crippen LogP contribution in [-0.2, 0) is 20.2 Å². The van der Waals surface area contributed by atoms with Crippen LogP contribution in [0.1, 0.15) is 36.7 Å². The molecule has 188 valence electrons. The number of carboxylic acids is 1. The summed E-state index contributed by atoms with van der Waals surface area (Å²) in [7, 11) is -2.32. The SMILES string of the molecule is COc1c(NC(=O)c2ccc(F)c(N3CC(C(=O)O)N=N3)c2)cc(C(C)(C)C)cc1NS(C)(=O)=O. The summed E-state index contributed by atoms with van der Waals surface area (Å²) < 4.78 is 46.0. The number of carbonyl (C=O) groups excluding carboxylic acids is 1. The second-order valence-corrected chi connectivity index (χ2v) is 10.7. The van der Waals surface area contributed by atoms with Crippen LogP contribution in [0.5, 0.6) is 5.75 Å². The minimum Gasteiger partial charge on any atom is -0.492 e. The molecule has 1 amide bonds. The van der Waals surface area contributed by atoms with Crippen molar-refractivity contribution >= 4 is 39.0 Å². The minimum absolute atomic E-state index is 0.0520. The lowest BCUT2D eigenvalue weighted by Gasteiger charge is -2.24. The molecule has 13 heteroatoms. The summed E-state index contributed by atoms with van der Waals surface area (Å²) in [5.74, 6) is -2.45. The van der Waals surface area contributed by atoms with Crippen molar-refractivity contribution in [1.29, 1.82) is 0 Å². The van der Waals surface area contributed by atoms with Gasteiger partial charge in [-0.2, -0.15) is 5.11 Å². The highest BCUT2D eigenvalue weighted by atomic mass is 32.2. The number of sulfonamides is 1. The van der Waals surface area contributed by atoms with Crippen LogP contribution in [0.25, 0.3) is 0 Å². The van der Waals surface area contributed by atoms with Crippen molar-refractivity contribution < 1.29 is 32.2 Å². The van der Waals surface area contributed by atoms with Crippen molar-refractivity contribution in [3.05, 3.63) is 47.3 Å². The van der Waals surface area contributed by atoms with Gasteiger partial charge in [-0.1, -0.05) is 26.0 Å². The van der Waals surface area contributed by atoms with Gasteiger partial charge >= 0.3 is 5.97 Å². The lowest BCUT2D eigenvalue weighted by Crippen LogP contribution is -2.27. The first-order valence-electron chi connectivity index (χ1n) is 10.4. The number of anilines is 3. The number of carboxylic acid groups (broad SMARTS) is 1. The van der Waals surface area contributed by atoms with E-state index in [0.29, 0.717) is 0 Å². The van der Waals surface area contributed by atoms with Gasteiger partial charge in [0.1, 0.15) is 5.82 Å². The van der Waals surface area contributed by atoms with Crippen molar-refractivity contribution in [3.63, 3.8) is 0 Å². The monoisotopic (exact) mass is 507 g/mol. The quantitative estimate of drug-likeness (QED) is 0.520. The lowest BCUT2D eigenvalue weighted by atomic mass is 9.86. The molecule has 0 saturated carbocycles. The summed E-state index contributed by atoms with van der Waals surface area (Å²) in [6.45, 7) is 5.59. The number of hydrogen-bond acceptors (Lipinski definition) is 8. The van der Waals surface area contributed by atoms with Crippen LogP contribution in [0.4, 0.5) is 21.5 Å². The Kier molecular flexibility index (Phi) is 7.01. The number of hydrogen-bond donors (Lipinski definition) is 3. The number of aliphatic carboxylic acids is 1. The maximum Gasteiger partial charge on any atom is 0.332 e. The van der Waals surface area contributed by atoms with E-state index in [2.05, 4.69) is 20.4 Å². The van der Waals surface area contributed by atoms with Crippen LogP contribution in [0, 0.1) is 5.82 Å². The molecule has 0 spiro atoms. The van der Waals surface area contributed by atoms with E-state index in [1.54, 1.807) is 12.1 Å². The van der Waals surface area contributed by atoms with Crippen molar-refractivity contribution in [2.45, 2.75) is 32.2 Å². The number of methoxy groups -OCH3 is 1. The third kappa shape index (κ3) is 6.04. The number of halogens is 1. The zero-order valence-corrected chi connectivity index (χ0v) is 20.6. The van der Waals surface area contributed by atoms with Gasteiger partial charge < -0.3 is 15.2 Å². The Morgan fingerprint density at radius 2 is 1.86 bits per heavy atom. The molecule has 0 aliphatic carbocycles. The highest BCUT2D eigenvalue weighted by molar-refractivity contribution is 7.92. The molecule has 0 bridgehead atoms. The van der Waals surface area contributed by atoms with Gasteiger partial charge in [-0.05, 0) is 41.3 Å². The standard InChI is InChI=1S/C22H26FN5O6S/c1-22(2,3)13-9-15(19(34-4)16(10-13)26-35(5,32)33)24-20(29)12-6-7-14(23)18(8-12)28-11-17(21(30)31)25-27-28/h6-10,17,26H,11H2,1-5H3,(H,24,29)(H,30,31). The molecule has 0 aromatic heterocycles. The van der Waals surface area contributed by atoms with Gasteiger partial charge in [-0.25, -0.2) is 22.6 Å². The van der Waals surface area contributed by atoms with Gasteiger partial charge in [0.05, 0.1) is 37.0 Å². The van der Waals surface area contributed by atoms with Crippen LogP contribution in [0.3, 0.4) is 0 Å². The van der Waals surface area contributed by atoms with E-state index >= 15 is 0 Å². The molecular formula is C22H26FN5O6S. The van der Waals surface area contributed by atoms with E-state index in [4.69, 9.17) is 9.84 Å². The Balaban J connectivity index is 1.98.